The van der Waals surface area contributed by atoms with Crippen LogP contribution in [0.5, 0.6) is 0 Å². The first-order valence-corrected chi connectivity index (χ1v) is 12.9. The lowest BCUT2D eigenvalue weighted by atomic mass is 10.1. The Bertz CT molecular complexity index is 880. The molecule has 4 rings (SSSR count). The van der Waals surface area contributed by atoms with Crippen molar-refractivity contribution in [3.63, 3.8) is 0 Å². The van der Waals surface area contributed by atoms with E-state index < -0.39 is 8.32 Å². The van der Waals surface area contributed by atoms with Gasteiger partial charge in [-0.25, -0.2) is 0 Å². The average Bonchev–Trinajstić information content (AvgIpc) is 3.25. The van der Waals surface area contributed by atoms with Gasteiger partial charge in [0.1, 0.15) is 0 Å². The summed E-state index contributed by atoms with van der Waals surface area (Å²) in [6.07, 6.45) is 2.41. The molecule has 1 aliphatic heterocycles. The molecule has 0 aromatic heterocycles. The lowest BCUT2D eigenvalue weighted by molar-refractivity contribution is 0.0150. The quantitative estimate of drug-likeness (QED) is 0.495. The SMILES string of the molecule is CC(C)(C)[Si](OC[C@H]1CC[C@@H](c2ccccc2)O1)(c1ccccc1)c1ccccc1. The minimum Gasteiger partial charge on any atom is -0.405 e. The van der Waals surface area contributed by atoms with E-state index in [1.54, 1.807) is 0 Å². The molecule has 0 amide bonds. The van der Waals surface area contributed by atoms with Crippen LogP contribution >= 0.6 is 0 Å². The third-order valence-electron chi connectivity index (χ3n) is 6.18. The molecular formula is C27H32O2Si. The first-order chi connectivity index (χ1) is 14.5. The van der Waals surface area contributed by atoms with Crippen molar-refractivity contribution in [3.05, 3.63) is 96.6 Å². The molecular weight excluding hydrogens is 384 g/mol. The van der Waals surface area contributed by atoms with Crippen molar-refractivity contribution in [3.8, 4) is 0 Å². The van der Waals surface area contributed by atoms with Crippen molar-refractivity contribution in [1.29, 1.82) is 0 Å². The van der Waals surface area contributed by atoms with Gasteiger partial charge < -0.3 is 9.16 Å². The number of hydrogen-bond acceptors (Lipinski definition) is 2. The van der Waals surface area contributed by atoms with Crippen LogP contribution in [0.15, 0.2) is 91.0 Å². The molecule has 0 bridgehead atoms. The van der Waals surface area contributed by atoms with Gasteiger partial charge in [0.25, 0.3) is 8.32 Å². The molecule has 3 heteroatoms. The standard InChI is InChI=1S/C27H32O2Si/c1-27(2,3)30(24-15-9-5-10-16-24,25-17-11-6-12-18-25)28-21-23-19-20-26(29-23)22-13-7-4-8-14-22/h4-18,23,26H,19-21H2,1-3H3/t23-,26+/m1/s1. The van der Waals surface area contributed by atoms with E-state index in [0.717, 1.165) is 12.8 Å². The molecule has 1 heterocycles. The number of hydrogen-bond donors (Lipinski definition) is 0. The molecule has 1 saturated heterocycles. The fraction of sp³-hybridized carbons (Fsp3) is 0.333. The summed E-state index contributed by atoms with van der Waals surface area (Å²) < 4.78 is 13.5. The van der Waals surface area contributed by atoms with E-state index in [4.69, 9.17) is 9.16 Å². The highest BCUT2D eigenvalue weighted by atomic mass is 28.4. The zero-order valence-corrected chi connectivity index (χ0v) is 19.3. The Labute approximate surface area is 182 Å². The average molecular weight is 417 g/mol. The van der Waals surface area contributed by atoms with Crippen molar-refractivity contribution in [2.75, 3.05) is 6.61 Å². The first-order valence-electron chi connectivity index (χ1n) is 11.0. The maximum absolute atomic E-state index is 7.05. The Morgan fingerprint density at radius 3 is 1.77 bits per heavy atom. The van der Waals surface area contributed by atoms with Crippen LogP contribution in [-0.4, -0.2) is 21.0 Å². The molecule has 0 aliphatic carbocycles. The minimum atomic E-state index is -2.50. The molecule has 0 unspecified atom stereocenters. The Morgan fingerprint density at radius 1 is 0.767 bits per heavy atom. The normalized spacial score (nSPS) is 19.7. The highest BCUT2D eigenvalue weighted by Crippen LogP contribution is 2.38. The zero-order valence-electron chi connectivity index (χ0n) is 18.3. The van der Waals surface area contributed by atoms with E-state index in [0.29, 0.717) is 6.61 Å². The highest BCUT2D eigenvalue weighted by Gasteiger charge is 2.50. The van der Waals surface area contributed by atoms with Crippen molar-refractivity contribution in [2.45, 2.75) is 50.9 Å². The monoisotopic (exact) mass is 416 g/mol. The second-order valence-electron chi connectivity index (χ2n) is 9.21. The molecule has 30 heavy (non-hydrogen) atoms. The van der Waals surface area contributed by atoms with Crippen LogP contribution in [0.2, 0.25) is 5.04 Å². The van der Waals surface area contributed by atoms with Gasteiger partial charge in [-0.3, -0.25) is 0 Å². The molecule has 3 aromatic carbocycles. The zero-order chi connectivity index (χ0) is 21.0. The summed E-state index contributed by atoms with van der Waals surface area (Å²) >= 11 is 0. The molecule has 2 nitrogen and oxygen atoms in total. The largest absolute Gasteiger partial charge is 0.405 e. The fourth-order valence-corrected chi connectivity index (χ4v) is 9.31. The van der Waals surface area contributed by atoms with Gasteiger partial charge in [0.15, 0.2) is 0 Å². The first kappa shape index (κ1) is 21.0. The second kappa shape index (κ2) is 8.89. The molecule has 1 fully saturated rings. The topological polar surface area (TPSA) is 18.5 Å². The smallest absolute Gasteiger partial charge is 0.261 e. The highest BCUT2D eigenvalue weighted by molar-refractivity contribution is 6.99. The summed E-state index contributed by atoms with van der Waals surface area (Å²) in [5.74, 6) is 0. The van der Waals surface area contributed by atoms with Gasteiger partial charge in [0.05, 0.1) is 18.8 Å². The summed E-state index contributed by atoms with van der Waals surface area (Å²) in [5.41, 5.74) is 1.27. The van der Waals surface area contributed by atoms with Crippen molar-refractivity contribution < 1.29 is 9.16 Å². The van der Waals surface area contributed by atoms with Crippen LogP contribution in [0.3, 0.4) is 0 Å². The van der Waals surface area contributed by atoms with Crippen molar-refractivity contribution in [2.24, 2.45) is 0 Å². The van der Waals surface area contributed by atoms with E-state index in [9.17, 15) is 0 Å². The van der Waals surface area contributed by atoms with Gasteiger partial charge >= 0.3 is 0 Å². The molecule has 1 aliphatic rings. The second-order valence-corrected chi connectivity index (χ2v) is 13.5. The van der Waals surface area contributed by atoms with E-state index >= 15 is 0 Å². The number of ether oxygens (including phenoxy) is 1. The minimum absolute atomic E-state index is 0.00680. The predicted octanol–water partition coefficient (Wildman–Crippen LogP) is 5.48. The Hall–Kier alpha value is -2.20. The maximum Gasteiger partial charge on any atom is 0.261 e. The predicted molar refractivity (Wildman–Crippen MR) is 127 cm³/mol. The van der Waals surface area contributed by atoms with E-state index in [-0.39, 0.29) is 17.2 Å². The van der Waals surface area contributed by atoms with E-state index in [1.165, 1.54) is 15.9 Å². The van der Waals surface area contributed by atoms with E-state index in [1.807, 2.05) is 0 Å². The summed E-state index contributed by atoms with van der Waals surface area (Å²) in [6, 6.07) is 32.2. The summed E-state index contributed by atoms with van der Waals surface area (Å²) in [5, 5.41) is 2.63. The summed E-state index contributed by atoms with van der Waals surface area (Å²) in [6.45, 7) is 7.60. The third kappa shape index (κ3) is 4.15. The van der Waals surface area contributed by atoms with Gasteiger partial charge in [0.2, 0.25) is 0 Å². The lowest BCUT2D eigenvalue weighted by Crippen LogP contribution is -2.67. The Kier molecular flexibility index (Phi) is 6.23. The van der Waals surface area contributed by atoms with Crippen LogP contribution in [0, 0.1) is 0 Å². The van der Waals surface area contributed by atoms with Gasteiger partial charge in [-0.1, -0.05) is 112 Å². The molecule has 156 valence electrons. The van der Waals surface area contributed by atoms with Gasteiger partial charge in [-0.05, 0) is 33.8 Å². The number of benzene rings is 3. The van der Waals surface area contributed by atoms with Crippen LogP contribution in [0.25, 0.3) is 0 Å². The van der Waals surface area contributed by atoms with Gasteiger partial charge in [0, 0.05) is 0 Å². The molecule has 0 N–H and O–H groups in total. The van der Waals surface area contributed by atoms with Crippen LogP contribution < -0.4 is 10.4 Å². The van der Waals surface area contributed by atoms with Crippen LogP contribution in [-0.2, 0) is 9.16 Å². The molecule has 2 atom stereocenters. The van der Waals surface area contributed by atoms with Crippen molar-refractivity contribution >= 4 is 18.7 Å². The molecule has 3 aromatic rings. The molecule has 0 saturated carbocycles. The maximum atomic E-state index is 7.05. The molecule has 0 radical (unpaired) electrons. The Balaban J connectivity index is 1.61. The fourth-order valence-electron chi connectivity index (χ4n) is 4.72. The van der Waals surface area contributed by atoms with Gasteiger partial charge in [-0.2, -0.15) is 0 Å². The molecule has 0 spiro atoms. The van der Waals surface area contributed by atoms with Crippen molar-refractivity contribution in [1.82, 2.24) is 0 Å². The lowest BCUT2D eigenvalue weighted by Gasteiger charge is -2.43. The summed E-state index contributed by atoms with van der Waals surface area (Å²) in [4.78, 5) is 0. The third-order valence-corrected chi connectivity index (χ3v) is 11.2. The van der Waals surface area contributed by atoms with Gasteiger partial charge in [-0.15, -0.1) is 0 Å². The number of rotatable bonds is 6. The summed E-state index contributed by atoms with van der Waals surface area (Å²) in [7, 11) is -2.50. The van der Waals surface area contributed by atoms with Crippen LogP contribution in [0.1, 0.15) is 45.3 Å². The Morgan fingerprint density at radius 2 is 1.27 bits per heavy atom. The van der Waals surface area contributed by atoms with Crippen LogP contribution in [0.4, 0.5) is 0 Å². The van der Waals surface area contributed by atoms with E-state index in [2.05, 4.69) is 112 Å².